The Bertz CT molecular complexity index is 648. The molecule has 2 aromatic heterocycles. The fraction of sp³-hybridized carbons (Fsp3) is 0.0833. The fourth-order valence-electron chi connectivity index (χ4n) is 1.46. The summed E-state index contributed by atoms with van der Waals surface area (Å²) in [6.45, 7) is 0.193. The van der Waals surface area contributed by atoms with Crippen molar-refractivity contribution in [1.29, 1.82) is 0 Å². The van der Waals surface area contributed by atoms with E-state index in [1.807, 2.05) is 0 Å². The van der Waals surface area contributed by atoms with Gasteiger partial charge in [0.05, 0.1) is 22.7 Å². The Morgan fingerprint density at radius 3 is 2.85 bits per heavy atom. The first-order valence-corrected chi connectivity index (χ1v) is 5.94. The van der Waals surface area contributed by atoms with Gasteiger partial charge in [-0.25, -0.2) is 4.98 Å². The molecule has 8 heteroatoms. The van der Waals surface area contributed by atoms with E-state index in [4.69, 9.17) is 11.6 Å². The highest BCUT2D eigenvalue weighted by molar-refractivity contribution is 6.32. The van der Waals surface area contributed by atoms with Crippen LogP contribution in [0, 0.1) is 10.1 Å². The smallest absolute Gasteiger partial charge is 0.288 e. The minimum atomic E-state index is -0.640. The zero-order valence-corrected chi connectivity index (χ0v) is 10.9. The van der Waals surface area contributed by atoms with Crippen molar-refractivity contribution in [2.24, 2.45) is 0 Å². The molecule has 0 bridgehead atoms. The van der Waals surface area contributed by atoms with Gasteiger partial charge in [-0.1, -0.05) is 17.7 Å². The topological polar surface area (TPSA) is 98.0 Å². The molecule has 0 aliphatic carbocycles. The second kappa shape index (κ2) is 6.07. The van der Waals surface area contributed by atoms with Gasteiger partial charge in [0.25, 0.3) is 11.6 Å². The zero-order chi connectivity index (χ0) is 14.5. The van der Waals surface area contributed by atoms with Crippen molar-refractivity contribution in [2.45, 2.75) is 6.54 Å². The molecule has 20 heavy (non-hydrogen) atoms. The van der Waals surface area contributed by atoms with Gasteiger partial charge in [0.1, 0.15) is 11.3 Å². The van der Waals surface area contributed by atoms with Gasteiger partial charge in [0.15, 0.2) is 0 Å². The third kappa shape index (κ3) is 3.27. The summed E-state index contributed by atoms with van der Waals surface area (Å²) >= 11 is 5.77. The number of pyridine rings is 2. The van der Waals surface area contributed by atoms with Crippen molar-refractivity contribution in [3.05, 3.63) is 63.2 Å². The second-order valence-corrected chi connectivity index (χ2v) is 4.15. The second-order valence-electron chi connectivity index (χ2n) is 3.79. The lowest BCUT2D eigenvalue weighted by molar-refractivity contribution is -0.385. The molecular weight excluding hydrogens is 284 g/mol. The van der Waals surface area contributed by atoms with Crippen LogP contribution < -0.4 is 5.32 Å². The number of amides is 1. The van der Waals surface area contributed by atoms with Gasteiger partial charge in [-0.15, -0.1) is 0 Å². The molecule has 2 aromatic rings. The Morgan fingerprint density at radius 1 is 1.40 bits per heavy atom. The largest absolute Gasteiger partial charge is 0.346 e. The van der Waals surface area contributed by atoms with Crippen LogP contribution in [-0.4, -0.2) is 20.8 Å². The maximum absolute atomic E-state index is 11.9. The Balaban J connectivity index is 2.13. The van der Waals surface area contributed by atoms with Crippen LogP contribution >= 0.6 is 11.6 Å². The third-order valence-electron chi connectivity index (χ3n) is 2.44. The molecule has 0 aromatic carbocycles. The first kappa shape index (κ1) is 13.9. The van der Waals surface area contributed by atoms with Crippen molar-refractivity contribution in [3.63, 3.8) is 0 Å². The van der Waals surface area contributed by atoms with Crippen LogP contribution in [0.25, 0.3) is 0 Å². The summed E-state index contributed by atoms with van der Waals surface area (Å²) in [5.41, 5.74) is 0.324. The van der Waals surface area contributed by atoms with Crippen molar-refractivity contribution in [1.82, 2.24) is 15.3 Å². The number of hydrogen-bond donors (Lipinski definition) is 1. The summed E-state index contributed by atoms with van der Waals surface area (Å²) in [5, 5.41) is 13.1. The van der Waals surface area contributed by atoms with E-state index in [1.165, 1.54) is 0 Å². The molecule has 0 fully saturated rings. The van der Waals surface area contributed by atoms with Crippen LogP contribution in [0.4, 0.5) is 5.69 Å². The van der Waals surface area contributed by atoms with E-state index in [2.05, 4.69) is 15.3 Å². The monoisotopic (exact) mass is 292 g/mol. The minimum Gasteiger partial charge on any atom is -0.346 e. The molecule has 1 N–H and O–H groups in total. The average molecular weight is 293 g/mol. The standard InChI is InChI=1S/C12H9ClN4O3/c13-11-10(5-9(7-15-11)17(19)20)12(18)16-6-8-3-1-2-4-14-8/h1-5,7H,6H2,(H,16,18). The number of hydrogen-bond acceptors (Lipinski definition) is 5. The average Bonchev–Trinajstić information content (AvgIpc) is 2.46. The number of aromatic nitrogens is 2. The summed E-state index contributed by atoms with van der Waals surface area (Å²) in [5.74, 6) is -0.545. The highest BCUT2D eigenvalue weighted by Crippen LogP contribution is 2.18. The van der Waals surface area contributed by atoms with E-state index >= 15 is 0 Å². The van der Waals surface area contributed by atoms with Gasteiger partial charge in [0.2, 0.25) is 0 Å². The van der Waals surface area contributed by atoms with Crippen molar-refractivity contribution in [2.75, 3.05) is 0 Å². The summed E-state index contributed by atoms with van der Waals surface area (Å²) in [7, 11) is 0. The fourth-order valence-corrected chi connectivity index (χ4v) is 1.65. The molecule has 0 aliphatic heterocycles. The van der Waals surface area contributed by atoms with Crippen molar-refractivity contribution >= 4 is 23.2 Å². The maximum Gasteiger partial charge on any atom is 0.288 e. The van der Waals surface area contributed by atoms with E-state index in [0.717, 1.165) is 12.3 Å². The van der Waals surface area contributed by atoms with Gasteiger partial charge >= 0.3 is 0 Å². The number of carbonyl (C=O) groups excluding carboxylic acids is 1. The normalized spacial score (nSPS) is 10.1. The number of rotatable bonds is 4. The predicted molar refractivity (Wildman–Crippen MR) is 71.3 cm³/mol. The Labute approximate surface area is 118 Å². The van der Waals surface area contributed by atoms with Crippen molar-refractivity contribution < 1.29 is 9.72 Å². The minimum absolute atomic E-state index is 0.0446. The lowest BCUT2D eigenvalue weighted by atomic mass is 10.2. The number of carbonyl (C=O) groups is 1. The third-order valence-corrected chi connectivity index (χ3v) is 2.74. The summed E-state index contributed by atoms with van der Waals surface area (Å²) in [6.07, 6.45) is 2.60. The van der Waals surface area contributed by atoms with Crippen LogP contribution in [0.2, 0.25) is 5.15 Å². The predicted octanol–water partition coefficient (Wildman–Crippen LogP) is 1.97. The van der Waals surface area contributed by atoms with Gasteiger partial charge in [-0.05, 0) is 12.1 Å². The number of nitrogens with one attached hydrogen (secondary N) is 1. The molecule has 0 atom stereocenters. The van der Waals surface area contributed by atoms with Crippen LogP contribution in [0.1, 0.15) is 16.1 Å². The highest BCUT2D eigenvalue weighted by atomic mass is 35.5. The maximum atomic E-state index is 11.9. The molecule has 0 radical (unpaired) electrons. The molecule has 2 rings (SSSR count). The number of halogens is 1. The molecular formula is C12H9ClN4O3. The molecule has 0 unspecified atom stereocenters. The number of nitro groups is 1. The van der Waals surface area contributed by atoms with E-state index < -0.39 is 10.8 Å². The van der Waals surface area contributed by atoms with Crippen molar-refractivity contribution in [3.8, 4) is 0 Å². The zero-order valence-electron chi connectivity index (χ0n) is 10.1. The molecule has 0 saturated carbocycles. The Hall–Kier alpha value is -2.54. The quantitative estimate of drug-likeness (QED) is 0.528. The van der Waals surface area contributed by atoms with Gasteiger partial charge in [-0.3, -0.25) is 19.9 Å². The highest BCUT2D eigenvalue weighted by Gasteiger charge is 2.16. The summed E-state index contributed by atoms with van der Waals surface area (Å²) in [6, 6.07) is 6.37. The van der Waals surface area contributed by atoms with E-state index in [9.17, 15) is 14.9 Å². The first-order valence-electron chi connectivity index (χ1n) is 5.56. The van der Waals surface area contributed by atoms with E-state index in [-0.39, 0.29) is 22.9 Å². The molecule has 2 heterocycles. The molecule has 102 valence electrons. The van der Waals surface area contributed by atoms with Gasteiger partial charge in [0, 0.05) is 12.3 Å². The van der Waals surface area contributed by atoms with E-state index in [0.29, 0.717) is 5.69 Å². The SMILES string of the molecule is O=C(NCc1ccccn1)c1cc([N+](=O)[O-])cnc1Cl. The van der Waals surface area contributed by atoms with Crippen LogP contribution in [0.15, 0.2) is 36.7 Å². The lowest BCUT2D eigenvalue weighted by Gasteiger charge is -2.05. The molecule has 0 aliphatic rings. The summed E-state index contributed by atoms with van der Waals surface area (Å²) < 4.78 is 0. The Morgan fingerprint density at radius 2 is 2.20 bits per heavy atom. The van der Waals surface area contributed by atoms with E-state index in [1.54, 1.807) is 24.4 Å². The van der Waals surface area contributed by atoms with Crippen LogP contribution in [-0.2, 0) is 6.54 Å². The summed E-state index contributed by atoms with van der Waals surface area (Å²) in [4.78, 5) is 29.6. The molecule has 0 saturated heterocycles. The number of nitrogens with zero attached hydrogens (tertiary/aromatic N) is 3. The first-order chi connectivity index (χ1) is 9.58. The van der Waals surface area contributed by atoms with Crippen LogP contribution in [0.3, 0.4) is 0 Å². The molecule has 7 nitrogen and oxygen atoms in total. The Kier molecular flexibility index (Phi) is 4.21. The molecule has 1 amide bonds. The van der Waals surface area contributed by atoms with Crippen LogP contribution in [0.5, 0.6) is 0 Å². The van der Waals surface area contributed by atoms with Gasteiger partial charge < -0.3 is 5.32 Å². The lowest BCUT2D eigenvalue weighted by Crippen LogP contribution is -2.24. The molecule has 0 spiro atoms. The van der Waals surface area contributed by atoms with Gasteiger partial charge in [-0.2, -0.15) is 0 Å².